The van der Waals surface area contributed by atoms with E-state index in [1.54, 1.807) is 18.7 Å². The Balaban J connectivity index is 1.90. The molecule has 1 N–H and O–H groups in total. The molecular weight excluding hydrogens is 304 g/mol. The number of carbonyl (C=O) groups excluding carboxylic acids is 2. The number of amides is 2. The van der Waals surface area contributed by atoms with Gasteiger partial charge in [-0.1, -0.05) is 37.3 Å². The van der Waals surface area contributed by atoms with E-state index < -0.39 is 12.2 Å². The zero-order chi connectivity index (χ0) is 15.9. The first-order valence-corrected chi connectivity index (χ1v) is 8.21. The van der Waals surface area contributed by atoms with Crippen LogP contribution in [-0.4, -0.2) is 41.7 Å². The molecule has 1 aromatic rings. The molecule has 22 heavy (non-hydrogen) atoms. The van der Waals surface area contributed by atoms with Gasteiger partial charge in [0.05, 0.1) is 6.61 Å². The molecule has 0 aliphatic carbocycles. The van der Waals surface area contributed by atoms with Gasteiger partial charge in [-0.2, -0.15) is 11.8 Å². The van der Waals surface area contributed by atoms with E-state index in [2.05, 4.69) is 17.6 Å². The van der Waals surface area contributed by atoms with Crippen molar-refractivity contribution in [1.82, 2.24) is 10.4 Å². The summed E-state index contributed by atoms with van der Waals surface area (Å²) < 4.78 is 9.84. The fourth-order valence-electron chi connectivity index (χ4n) is 2.08. The number of ether oxygens (including phenoxy) is 2. The highest BCUT2D eigenvalue weighted by Gasteiger charge is 2.38. The highest BCUT2D eigenvalue weighted by atomic mass is 32.2. The Hall–Kier alpha value is -1.89. The second-order valence-corrected chi connectivity index (χ2v) is 6.21. The summed E-state index contributed by atoms with van der Waals surface area (Å²) in [7, 11) is 0. The normalized spacial score (nSPS) is 18.7. The van der Waals surface area contributed by atoms with Gasteiger partial charge in [-0.05, 0) is 12.5 Å². The monoisotopic (exact) mass is 324 g/mol. The lowest BCUT2D eigenvalue weighted by molar-refractivity contribution is 0.107. The Morgan fingerprint density at radius 1 is 1.50 bits per heavy atom. The predicted octanol–water partition coefficient (Wildman–Crippen LogP) is 2.79. The minimum Gasteiger partial charge on any atom is -0.449 e. The van der Waals surface area contributed by atoms with Crippen LogP contribution >= 0.6 is 11.8 Å². The molecule has 0 bridgehead atoms. The van der Waals surface area contributed by atoms with Gasteiger partial charge >= 0.3 is 12.2 Å². The van der Waals surface area contributed by atoms with E-state index in [0.29, 0.717) is 0 Å². The van der Waals surface area contributed by atoms with Crippen LogP contribution in [0.2, 0.25) is 0 Å². The molecular formula is C15H20N2O4S. The first-order valence-electron chi connectivity index (χ1n) is 7.16. The standard InChI is InChI=1S/C15H20N2O4S/c1-3-20-14(18)16-17-13(9-21-15(17)19)11(2)22-10-12-7-5-4-6-8-12/h4-8,11,13H,3,9-10H2,1-2H3,(H,16,18)/t11-,13?/m1/s1. The number of thioether (sulfide) groups is 1. The second-order valence-electron chi connectivity index (χ2n) is 4.85. The lowest BCUT2D eigenvalue weighted by atomic mass is 10.2. The topological polar surface area (TPSA) is 67.9 Å². The summed E-state index contributed by atoms with van der Waals surface area (Å²) in [5.74, 6) is 0.833. The maximum absolute atomic E-state index is 11.7. The number of carbonyl (C=O) groups is 2. The summed E-state index contributed by atoms with van der Waals surface area (Å²) in [6.07, 6.45) is -1.20. The largest absolute Gasteiger partial charge is 0.449 e. The third-order valence-corrected chi connectivity index (χ3v) is 4.63. The van der Waals surface area contributed by atoms with Crippen molar-refractivity contribution in [3.8, 4) is 0 Å². The third-order valence-electron chi connectivity index (χ3n) is 3.29. The van der Waals surface area contributed by atoms with Crippen molar-refractivity contribution in [2.75, 3.05) is 13.2 Å². The molecule has 2 atom stereocenters. The quantitative estimate of drug-likeness (QED) is 0.871. The van der Waals surface area contributed by atoms with Gasteiger partial charge in [-0.15, -0.1) is 0 Å². The van der Waals surface area contributed by atoms with E-state index in [9.17, 15) is 9.59 Å². The van der Waals surface area contributed by atoms with Crippen LogP contribution in [0.1, 0.15) is 19.4 Å². The number of rotatable bonds is 6. The molecule has 7 heteroatoms. The van der Waals surface area contributed by atoms with Crippen LogP contribution < -0.4 is 5.43 Å². The van der Waals surface area contributed by atoms with Gasteiger partial charge < -0.3 is 9.47 Å². The van der Waals surface area contributed by atoms with Crippen LogP contribution in [0.4, 0.5) is 9.59 Å². The highest BCUT2D eigenvalue weighted by molar-refractivity contribution is 7.99. The van der Waals surface area contributed by atoms with Crippen LogP contribution in [-0.2, 0) is 15.2 Å². The van der Waals surface area contributed by atoms with Gasteiger partial charge in [-0.25, -0.2) is 20.0 Å². The molecule has 0 spiro atoms. The van der Waals surface area contributed by atoms with E-state index in [1.807, 2.05) is 25.1 Å². The first kappa shape index (κ1) is 16.5. The van der Waals surface area contributed by atoms with Crippen LogP contribution in [0.5, 0.6) is 0 Å². The van der Waals surface area contributed by atoms with Crippen molar-refractivity contribution in [2.24, 2.45) is 0 Å². The summed E-state index contributed by atoms with van der Waals surface area (Å²) in [6.45, 7) is 4.23. The van der Waals surface area contributed by atoms with Crippen LogP contribution in [0.25, 0.3) is 0 Å². The van der Waals surface area contributed by atoms with Crippen molar-refractivity contribution >= 4 is 23.9 Å². The van der Waals surface area contributed by atoms with Crippen molar-refractivity contribution in [3.63, 3.8) is 0 Å². The van der Waals surface area contributed by atoms with Gasteiger partial charge in [-0.3, -0.25) is 0 Å². The molecule has 1 fully saturated rings. The Morgan fingerprint density at radius 3 is 2.91 bits per heavy atom. The first-order chi connectivity index (χ1) is 10.6. The number of nitrogens with one attached hydrogen (secondary N) is 1. The van der Waals surface area contributed by atoms with Gasteiger partial charge in [0.15, 0.2) is 0 Å². The summed E-state index contributed by atoms with van der Waals surface area (Å²) in [6, 6.07) is 9.88. The number of hydrogen-bond donors (Lipinski definition) is 1. The van der Waals surface area contributed by atoms with E-state index in [4.69, 9.17) is 9.47 Å². The smallest absolute Gasteiger partial charge is 0.429 e. The number of benzene rings is 1. The van der Waals surface area contributed by atoms with E-state index >= 15 is 0 Å². The average Bonchev–Trinajstić information content (AvgIpc) is 2.87. The lowest BCUT2D eigenvalue weighted by Crippen LogP contribution is -2.51. The van der Waals surface area contributed by atoms with Gasteiger partial charge in [0.1, 0.15) is 12.6 Å². The molecule has 1 saturated heterocycles. The van der Waals surface area contributed by atoms with Crippen LogP contribution in [0.15, 0.2) is 30.3 Å². The summed E-state index contributed by atoms with van der Waals surface area (Å²) >= 11 is 1.71. The lowest BCUT2D eigenvalue weighted by Gasteiger charge is -2.25. The predicted molar refractivity (Wildman–Crippen MR) is 84.3 cm³/mol. The van der Waals surface area contributed by atoms with Crippen molar-refractivity contribution < 1.29 is 19.1 Å². The maximum atomic E-state index is 11.7. The number of nitrogens with zero attached hydrogens (tertiary/aromatic N) is 1. The Labute approximate surface area is 134 Å². The highest BCUT2D eigenvalue weighted by Crippen LogP contribution is 2.25. The van der Waals surface area contributed by atoms with Gasteiger partial charge in [0.25, 0.3) is 0 Å². The minimum atomic E-state index is -0.647. The SMILES string of the molecule is CCOC(=O)NN1C(=O)OCC1[C@@H](C)SCc1ccccc1. The summed E-state index contributed by atoms with van der Waals surface area (Å²) in [5, 5.41) is 1.33. The van der Waals surface area contributed by atoms with Crippen molar-refractivity contribution in [3.05, 3.63) is 35.9 Å². The Kier molecular flexibility index (Phi) is 5.94. The third kappa shape index (κ3) is 4.30. The summed E-state index contributed by atoms with van der Waals surface area (Å²) in [5.41, 5.74) is 3.66. The summed E-state index contributed by atoms with van der Waals surface area (Å²) in [4.78, 5) is 23.2. The van der Waals surface area contributed by atoms with Crippen LogP contribution in [0, 0.1) is 0 Å². The molecule has 2 amide bonds. The molecule has 120 valence electrons. The van der Waals surface area contributed by atoms with E-state index in [-0.39, 0.29) is 24.5 Å². The number of hydrazine groups is 1. The molecule has 6 nitrogen and oxygen atoms in total. The fraction of sp³-hybridized carbons (Fsp3) is 0.467. The zero-order valence-electron chi connectivity index (χ0n) is 12.7. The van der Waals surface area contributed by atoms with Gasteiger partial charge in [0, 0.05) is 11.0 Å². The Bertz CT molecular complexity index is 512. The molecule has 2 rings (SSSR count). The molecule has 0 saturated carbocycles. The zero-order valence-corrected chi connectivity index (χ0v) is 13.5. The fourth-order valence-corrected chi connectivity index (χ4v) is 3.16. The molecule has 0 radical (unpaired) electrons. The molecule has 1 heterocycles. The molecule has 1 aliphatic heterocycles. The van der Waals surface area contributed by atoms with E-state index in [0.717, 1.165) is 5.75 Å². The van der Waals surface area contributed by atoms with Crippen LogP contribution in [0.3, 0.4) is 0 Å². The number of cyclic esters (lactones) is 1. The van der Waals surface area contributed by atoms with Crippen molar-refractivity contribution in [1.29, 1.82) is 0 Å². The van der Waals surface area contributed by atoms with E-state index in [1.165, 1.54) is 10.6 Å². The molecule has 1 aliphatic rings. The van der Waals surface area contributed by atoms with Crippen molar-refractivity contribution in [2.45, 2.75) is 30.9 Å². The number of hydrogen-bond acceptors (Lipinski definition) is 5. The molecule has 1 unspecified atom stereocenters. The minimum absolute atomic E-state index is 0.105. The second kappa shape index (κ2) is 7.93. The maximum Gasteiger partial charge on any atom is 0.429 e. The van der Waals surface area contributed by atoms with Gasteiger partial charge in [0.2, 0.25) is 0 Å². The Morgan fingerprint density at radius 2 is 2.23 bits per heavy atom. The average molecular weight is 324 g/mol. The molecule has 1 aromatic carbocycles. The molecule has 0 aromatic heterocycles.